The first-order valence-corrected chi connectivity index (χ1v) is 9.27. The third-order valence-corrected chi connectivity index (χ3v) is 4.43. The maximum absolute atomic E-state index is 6.16. The van der Waals surface area contributed by atoms with Crippen molar-refractivity contribution in [3.05, 3.63) is 88.4 Å². The van der Waals surface area contributed by atoms with Crippen LogP contribution in [0.1, 0.15) is 23.6 Å². The normalized spacial score (nSPS) is 10.9. The number of hydrogen-bond donors (Lipinski definition) is 0. The van der Waals surface area contributed by atoms with E-state index in [1.165, 1.54) is 0 Å². The SMILES string of the molecule is CCOc1cc(C=Nc2ccc(C)c(Cl)c2)ccc1OCc1ccccc1. The summed E-state index contributed by atoms with van der Waals surface area (Å²) in [5.74, 6) is 1.43. The van der Waals surface area contributed by atoms with E-state index in [1.807, 2.05) is 80.6 Å². The zero-order valence-corrected chi connectivity index (χ0v) is 16.2. The summed E-state index contributed by atoms with van der Waals surface area (Å²) < 4.78 is 11.7. The molecule has 3 aromatic rings. The Bertz CT molecular complexity index is 923. The van der Waals surface area contributed by atoms with Crippen LogP contribution in [0.3, 0.4) is 0 Å². The summed E-state index contributed by atoms with van der Waals surface area (Å²) in [5.41, 5.74) is 3.89. The molecule has 0 saturated carbocycles. The Balaban J connectivity index is 1.75. The molecule has 138 valence electrons. The Morgan fingerprint density at radius 2 is 1.74 bits per heavy atom. The van der Waals surface area contributed by atoms with Crippen molar-refractivity contribution in [2.45, 2.75) is 20.5 Å². The molecule has 0 fully saturated rings. The van der Waals surface area contributed by atoms with Gasteiger partial charge in [-0.05, 0) is 60.9 Å². The van der Waals surface area contributed by atoms with Crippen LogP contribution in [0.15, 0.2) is 71.7 Å². The van der Waals surface area contributed by atoms with Gasteiger partial charge in [0.05, 0.1) is 12.3 Å². The molecule has 0 amide bonds. The first-order chi connectivity index (χ1) is 13.2. The molecule has 3 aromatic carbocycles. The molecule has 0 unspecified atom stereocenters. The number of aliphatic imine (C=N–C) groups is 1. The summed E-state index contributed by atoms with van der Waals surface area (Å²) in [4.78, 5) is 4.50. The van der Waals surface area contributed by atoms with Crippen molar-refractivity contribution in [3.8, 4) is 11.5 Å². The highest BCUT2D eigenvalue weighted by Crippen LogP contribution is 2.29. The minimum atomic E-state index is 0.496. The maximum atomic E-state index is 6.16. The molecular weight excluding hydrogens is 358 g/mol. The largest absolute Gasteiger partial charge is 0.490 e. The zero-order valence-electron chi connectivity index (χ0n) is 15.5. The highest BCUT2D eigenvalue weighted by Gasteiger charge is 2.06. The monoisotopic (exact) mass is 379 g/mol. The zero-order chi connectivity index (χ0) is 19.1. The van der Waals surface area contributed by atoms with Gasteiger partial charge in [0.25, 0.3) is 0 Å². The topological polar surface area (TPSA) is 30.8 Å². The van der Waals surface area contributed by atoms with E-state index in [0.717, 1.165) is 28.1 Å². The van der Waals surface area contributed by atoms with Gasteiger partial charge < -0.3 is 9.47 Å². The quantitative estimate of drug-likeness (QED) is 0.446. The molecule has 0 radical (unpaired) electrons. The predicted molar refractivity (Wildman–Crippen MR) is 112 cm³/mol. The maximum Gasteiger partial charge on any atom is 0.161 e. The van der Waals surface area contributed by atoms with Crippen LogP contribution in [-0.4, -0.2) is 12.8 Å². The van der Waals surface area contributed by atoms with Gasteiger partial charge in [0.15, 0.2) is 11.5 Å². The number of aryl methyl sites for hydroxylation is 1. The van der Waals surface area contributed by atoms with E-state index in [0.29, 0.717) is 24.0 Å². The molecule has 3 nitrogen and oxygen atoms in total. The van der Waals surface area contributed by atoms with Crippen LogP contribution in [0.25, 0.3) is 0 Å². The van der Waals surface area contributed by atoms with Gasteiger partial charge in [-0.2, -0.15) is 0 Å². The number of ether oxygens (including phenoxy) is 2. The van der Waals surface area contributed by atoms with Gasteiger partial charge in [0.2, 0.25) is 0 Å². The number of rotatable bonds is 7. The molecule has 0 spiro atoms. The van der Waals surface area contributed by atoms with Crippen LogP contribution in [0.5, 0.6) is 11.5 Å². The molecule has 4 heteroatoms. The molecule has 0 aromatic heterocycles. The summed E-state index contributed by atoms with van der Waals surface area (Å²) in [5, 5.41) is 0.712. The highest BCUT2D eigenvalue weighted by atomic mass is 35.5. The molecule has 0 heterocycles. The van der Waals surface area contributed by atoms with Crippen molar-refractivity contribution < 1.29 is 9.47 Å². The van der Waals surface area contributed by atoms with Crippen LogP contribution >= 0.6 is 11.6 Å². The summed E-state index contributed by atoms with van der Waals surface area (Å²) in [6.07, 6.45) is 1.80. The lowest BCUT2D eigenvalue weighted by Gasteiger charge is -2.12. The Morgan fingerprint density at radius 1 is 0.926 bits per heavy atom. The van der Waals surface area contributed by atoms with Gasteiger partial charge in [0.1, 0.15) is 6.61 Å². The van der Waals surface area contributed by atoms with Crippen molar-refractivity contribution in [3.63, 3.8) is 0 Å². The first-order valence-electron chi connectivity index (χ1n) is 8.89. The van der Waals surface area contributed by atoms with Crippen molar-refractivity contribution >= 4 is 23.5 Å². The van der Waals surface area contributed by atoms with Crippen molar-refractivity contribution in [1.82, 2.24) is 0 Å². The van der Waals surface area contributed by atoms with E-state index < -0.39 is 0 Å². The Labute approximate surface area is 165 Å². The summed E-state index contributed by atoms with van der Waals surface area (Å²) in [6.45, 7) is 4.99. The van der Waals surface area contributed by atoms with Gasteiger partial charge in [-0.25, -0.2) is 0 Å². The summed E-state index contributed by atoms with van der Waals surface area (Å²) in [7, 11) is 0. The second kappa shape index (κ2) is 9.24. The second-order valence-electron chi connectivity index (χ2n) is 6.11. The van der Waals surface area contributed by atoms with Crippen LogP contribution in [-0.2, 0) is 6.61 Å². The lowest BCUT2D eigenvalue weighted by atomic mass is 10.2. The molecule has 0 aliphatic carbocycles. The second-order valence-corrected chi connectivity index (χ2v) is 6.51. The first kappa shape index (κ1) is 19.0. The number of nitrogens with zero attached hydrogens (tertiary/aromatic N) is 1. The Morgan fingerprint density at radius 3 is 2.48 bits per heavy atom. The van der Waals surface area contributed by atoms with E-state index in [1.54, 1.807) is 6.21 Å². The number of hydrogen-bond acceptors (Lipinski definition) is 3. The van der Waals surface area contributed by atoms with Gasteiger partial charge in [0, 0.05) is 11.2 Å². The van der Waals surface area contributed by atoms with E-state index in [9.17, 15) is 0 Å². The van der Waals surface area contributed by atoms with Crippen molar-refractivity contribution in [2.24, 2.45) is 4.99 Å². The minimum Gasteiger partial charge on any atom is -0.490 e. The molecule has 0 aliphatic heterocycles. The molecule has 0 atom stereocenters. The molecule has 0 saturated heterocycles. The van der Waals surface area contributed by atoms with E-state index in [4.69, 9.17) is 21.1 Å². The van der Waals surface area contributed by atoms with Gasteiger partial charge in [-0.15, -0.1) is 0 Å². The van der Waals surface area contributed by atoms with E-state index in [-0.39, 0.29) is 0 Å². The van der Waals surface area contributed by atoms with Crippen molar-refractivity contribution in [1.29, 1.82) is 0 Å². The lowest BCUT2D eigenvalue weighted by molar-refractivity contribution is 0.269. The Hall–Kier alpha value is -2.78. The lowest BCUT2D eigenvalue weighted by Crippen LogP contribution is -2.00. The highest BCUT2D eigenvalue weighted by molar-refractivity contribution is 6.31. The molecule has 3 rings (SSSR count). The molecule has 0 bridgehead atoms. The van der Waals surface area contributed by atoms with Gasteiger partial charge in [-0.3, -0.25) is 4.99 Å². The molecule has 0 aliphatic rings. The number of halogens is 1. The predicted octanol–water partition coefficient (Wildman–Crippen LogP) is 6.38. The van der Waals surface area contributed by atoms with Crippen LogP contribution in [0, 0.1) is 6.92 Å². The fourth-order valence-corrected chi connectivity index (χ4v) is 2.71. The third kappa shape index (κ3) is 5.35. The minimum absolute atomic E-state index is 0.496. The summed E-state index contributed by atoms with van der Waals surface area (Å²) >= 11 is 6.16. The van der Waals surface area contributed by atoms with E-state index >= 15 is 0 Å². The van der Waals surface area contributed by atoms with Gasteiger partial charge >= 0.3 is 0 Å². The molecule has 27 heavy (non-hydrogen) atoms. The van der Waals surface area contributed by atoms with E-state index in [2.05, 4.69) is 4.99 Å². The summed E-state index contributed by atoms with van der Waals surface area (Å²) in [6, 6.07) is 21.6. The fourth-order valence-electron chi connectivity index (χ4n) is 2.54. The van der Waals surface area contributed by atoms with Crippen LogP contribution in [0.2, 0.25) is 5.02 Å². The average molecular weight is 380 g/mol. The van der Waals surface area contributed by atoms with Gasteiger partial charge in [-0.1, -0.05) is 48.0 Å². The van der Waals surface area contributed by atoms with Crippen LogP contribution < -0.4 is 9.47 Å². The Kier molecular flexibility index (Phi) is 6.50. The standard InChI is InChI=1S/C23H22ClNO2/c1-3-26-23-13-19(15-25-20-11-9-17(2)21(24)14-20)10-12-22(23)27-16-18-7-5-4-6-8-18/h4-15H,3,16H2,1-2H3. The number of benzene rings is 3. The third-order valence-electron chi connectivity index (χ3n) is 4.02. The average Bonchev–Trinajstić information content (AvgIpc) is 2.69. The smallest absolute Gasteiger partial charge is 0.161 e. The molecular formula is C23H22ClNO2. The van der Waals surface area contributed by atoms with Crippen molar-refractivity contribution in [2.75, 3.05) is 6.61 Å². The fraction of sp³-hybridized carbons (Fsp3) is 0.174. The van der Waals surface area contributed by atoms with Crippen LogP contribution in [0.4, 0.5) is 5.69 Å². The molecule has 0 N–H and O–H groups in total.